The van der Waals surface area contributed by atoms with E-state index < -0.39 is 0 Å². The molecule has 16 heavy (non-hydrogen) atoms. The van der Waals surface area contributed by atoms with Crippen LogP contribution in [0, 0.1) is 5.92 Å². The molecular formula is C13H25NOS. The summed E-state index contributed by atoms with van der Waals surface area (Å²) < 4.78 is 5.96. The number of thioether (sulfide) groups is 1. The highest BCUT2D eigenvalue weighted by Crippen LogP contribution is 2.44. The highest BCUT2D eigenvalue weighted by atomic mass is 32.2. The molecule has 2 fully saturated rings. The molecule has 0 aromatic rings. The van der Waals surface area contributed by atoms with Crippen LogP contribution < -0.4 is 5.32 Å². The SMILES string of the molecule is CCNC(C1CCOCC1)C1(C)CCCS1. The number of rotatable bonds is 4. The number of ether oxygens (including phenoxy) is 1. The van der Waals surface area contributed by atoms with Gasteiger partial charge in [0.2, 0.25) is 0 Å². The standard InChI is InChI=1S/C13H25NOS/c1-3-14-12(11-5-8-15-9-6-11)13(2)7-4-10-16-13/h11-12,14H,3-10H2,1-2H3. The predicted molar refractivity (Wildman–Crippen MR) is 71.1 cm³/mol. The molecule has 94 valence electrons. The van der Waals surface area contributed by atoms with Crippen molar-refractivity contribution in [2.24, 2.45) is 5.92 Å². The Balaban J connectivity index is 2.02. The zero-order valence-corrected chi connectivity index (χ0v) is 11.4. The van der Waals surface area contributed by atoms with E-state index in [0.717, 1.165) is 25.7 Å². The van der Waals surface area contributed by atoms with Crippen LogP contribution in [0.1, 0.15) is 39.5 Å². The Kier molecular flexibility index (Phi) is 4.57. The lowest BCUT2D eigenvalue weighted by atomic mass is 9.82. The van der Waals surface area contributed by atoms with Crippen LogP contribution in [0.2, 0.25) is 0 Å². The summed E-state index contributed by atoms with van der Waals surface area (Å²) in [6.07, 6.45) is 5.26. The van der Waals surface area contributed by atoms with E-state index in [0.29, 0.717) is 10.8 Å². The molecule has 0 amide bonds. The zero-order chi connectivity index (χ0) is 11.4. The summed E-state index contributed by atoms with van der Waals surface area (Å²) in [5, 5.41) is 3.76. The fourth-order valence-corrected chi connectivity index (χ4v) is 4.70. The van der Waals surface area contributed by atoms with Gasteiger partial charge >= 0.3 is 0 Å². The Labute approximate surface area is 104 Å². The highest BCUT2D eigenvalue weighted by molar-refractivity contribution is 8.00. The van der Waals surface area contributed by atoms with Crippen molar-refractivity contribution in [1.29, 1.82) is 0 Å². The van der Waals surface area contributed by atoms with Gasteiger partial charge in [0.1, 0.15) is 0 Å². The van der Waals surface area contributed by atoms with Crippen LogP contribution in [0.25, 0.3) is 0 Å². The first-order valence-corrected chi connectivity index (χ1v) is 7.70. The van der Waals surface area contributed by atoms with Crippen LogP contribution in [0.3, 0.4) is 0 Å². The summed E-state index contributed by atoms with van der Waals surface area (Å²) in [5.74, 6) is 2.17. The minimum Gasteiger partial charge on any atom is -0.381 e. The molecule has 0 spiro atoms. The molecule has 2 saturated heterocycles. The fourth-order valence-electron chi connectivity index (χ4n) is 3.20. The molecular weight excluding hydrogens is 218 g/mol. The molecule has 0 saturated carbocycles. The lowest BCUT2D eigenvalue weighted by molar-refractivity contribution is 0.0488. The zero-order valence-electron chi connectivity index (χ0n) is 10.6. The normalized spacial score (nSPS) is 34.1. The van der Waals surface area contributed by atoms with E-state index in [9.17, 15) is 0 Å². The summed E-state index contributed by atoms with van der Waals surface area (Å²) in [6, 6.07) is 0.689. The summed E-state index contributed by atoms with van der Waals surface area (Å²) in [5.41, 5.74) is 0. The van der Waals surface area contributed by atoms with Gasteiger partial charge in [-0.1, -0.05) is 6.92 Å². The first kappa shape index (κ1) is 12.7. The minimum absolute atomic E-state index is 0.470. The van der Waals surface area contributed by atoms with Gasteiger partial charge in [-0.05, 0) is 50.8 Å². The summed E-state index contributed by atoms with van der Waals surface area (Å²) in [6.45, 7) is 7.72. The number of hydrogen-bond acceptors (Lipinski definition) is 3. The van der Waals surface area contributed by atoms with Crippen LogP contribution >= 0.6 is 11.8 Å². The molecule has 2 aliphatic rings. The lowest BCUT2D eigenvalue weighted by Gasteiger charge is -2.41. The Bertz CT molecular complexity index is 210. The topological polar surface area (TPSA) is 21.3 Å². The quantitative estimate of drug-likeness (QED) is 0.820. The Hall–Kier alpha value is 0.270. The van der Waals surface area contributed by atoms with Crippen molar-refractivity contribution in [2.45, 2.75) is 50.3 Å². The second-order valence-electron chi connectivity index (χ2n) is 5.25. The third kappa shape index (κ3) is 2.74. The van der Waals surface area contributed by atoms with E-state index in [1.807, 2.05) is 0 Å². The number of nitrogens with one attached hydrogen (secondary N) is 1. The highest BCUT2D eigenvalue weighted by Gasteiger charge is 2.41. The molecule has 2 heterocycles. The lowest BCUT2D eigenvalue weighted by Crippen LogP contribution is -2.51. The molecule has 0 aromatic heterocycles. The Morgan fingerprint density at radius 3 is 2.75 bits per heavy atom. The maximum absolute atomic E-state index is 5.49. The molecule has 2 rings (SSSR count). The molecule has 0 aromatic carbocycles. The van der Waals surface area contributed by atoms with Gasteiger partial charge in [0.15, 0.2) is 0 Å². The summed E-state index contributed by atoms with van der Waals surface area (Å²) in [7, 11) is 0. The third-order valence-corrected chi connectivity index (χ3v) is 5.68. The van der Waals surface area contributed by atoms with E-state index in [1.165, 1.54) is 31.4 Å². The van der Waals surface area contributed by atoms with E-state index in [-0.39, 0.29) is 0 Å². The predicted octanol–water partition coefficient (Wildman–Crippen LogP) is 2.68. The summed E-state index contributed by atoms with van der Waals surface area (Å²) >= 11 is 2.18. The summed E-state index contributed by atoms with van der Waals surface area (Å²) in [4.78, 5) is 0. The van der Waals surface area contributed by atoms with E-state index in [4.69, 9.17) is 4.74 Å². The first-order valence-electron chi connectivity index (χ1n) is 6.71. The average Bonchev–Trinajstić information content (AvgIpc) is 2.75. The van der Waals surface area contributed by atoms with Crippen molar-refractivity contribution in [3.8, 4) is 0 Å². The van der Waals surface area contributed by atoms with Gasteiger partial charge in [0.05, 0.1) is 0 Å². The molecule has 0 bridgehead atoms. The first-order chi connectivity index (χ1) is 7.76. The van der Waals surface area contributed by atoms with Crippen molar-refractivity contribution in [2.75, 3.05) is 25.5 Å². The molecule has 0 radical (unpaired) electrons. The molecule has 2 aliphatic heterocycles. The van der Waals surface area contributed by atoms with Crippen LogP contribution in [-0.2, 0) is 4.74 Å². The smallest absolute Gasteiger partial charge is 0.0469 e. The van der Waals surface area contributed by atoms with Gasteiger partial charge in [0, 0.05) is 24.0 Å². The van der Waals surface area contributed by atoms with Gasteiger partial charge < -0.3 is 10.1 Å². The van der Waals surface area contributed by atoms with Crippen molar-refractivity contribution in [1.82, 2.24) is 5.32 Å². The molecule has 3 heteroatoms. The van der Waals surface area contributed by atoms with Gasteiger partial charge in [-0.3, -0.25) is 0 Å². The Morgan fingerprint density at radius 2 is 2.19 bits per heavy atom. The Morgan fingerprint density at radius 1 is 1.44 bits per heavy atom. The van der Waals surface area contributed by atoms with Gasteiger partial charge in [0.25, 0.3) is 0 Å². The molecule has 1 N–H and O–H groups in total. The molecule has 2 unspecified atom stereocenters. The van der Waals surface area contributed by atoms with Crippen LogP contribution in [0.4, 0.5) is 0 Å². The molecule has 2 nitrogen and oxygen atoms in total. The van der Waals surface area contributed by atoms with E-state index in [1.54, 1.807) is 0 Å². The second-order valence-corrected chi connectivity index (χ2v) is 6.88. The second kappa shape index (κ2) is 5.74. The largest absolute Gasteiger partial charge is 0.381 e. The number of hydrogen-bond donors (Lipinski definition) is 1. The van der Waals surface area contributed by atoms with E-state index >= 15 is 0 Å². The third-order valence-electron chi connectivity index (χ3n) is 4.07. The van der Waals surface area contributed by atoms with Crippen molar-refractivity contribution in [3.05, 3.63) is 0 Å². The maximum atomic E-state index is 5.49. The minimum atomic E-state index is 0.470. The van der Waals surface area contributed by atoms with E-state index in [2.05, 4.69) is 30.9 Å². The average molecular weight is 243 g/mol. The van der Waals surface area contributed by atoms with Crippen LogP contribution in [0.5, 0.6) is 0 Å². The van der Waals surface area contributed by atoms with Crippen LogP contribution in [-0.4, -0.2) is 36.3 Å². The van der Waals surface area contributed by atoms with Crippen molar-refractivity contribution < 1.29 is 4.74 Å². The monoisotopic (exact) mass is 243 g/mol. The molecule has 0 aliphatic carbocycles. The van der Waals surface area contributed by atoms with Crippen molar-refractivity contribution in [3.63, 3.8) is 0 Å². The van der Waals surface area contributed by atoms with Gasteiger partial charge in [-0.2, -0.15) is 11.8 Å². The fraction of sp³-hybridized carbons (Fsp3) is 1.00. The van der Waals surface area contributed by atoms with Crippen molar-refractivity contribution >= 4 is 11.8 Å². The van der Waals surface area contributed by atoms with Crippen LogP contribution in [0.15, 0.2) is 0 Å². The van der Waals surface area contributed by atoms with Gasteiger partial charge in [-0.15, -0.1) is 0 Å². The molecule has 2 atom stereocenters. The maximum Gasteiger partial charge on any atom is 0.0469 e. The van der Waals surface area contributed by atoms with Gasteiger partial charge in [-0.25, -0.2) is 0 Å².